The van der Waals surface area contributed by atoms with E-state index in [9.17, 15) is 14.4 Å². The molecule has 64 heavy (non-hydrogen) atoms. The Bertz CT molecular complexity index is 1210. The first kappa shape index (κ1) is 60.9. The number of hydrogen-bond acceptors (Lipinski definition) is 6. The van der Waals surface area contributed by atoms with Crippen LogP contribution in [0.25, 0.3) is 0 Å². The van der Waals surface area contributed by atoms with Crippen LogP contribution in [0, 0.1) is 0 Å². The second-order valence-electron chi connectivity index (χ2n) is 17.9. The number of ether oxygens (including phenoxy) is 3. The number of allylic oxidation sites excluding steroid dienone is 12. The minimum absolute atomic E-state index is 0.0935. The molecule has 0 amide bonds. The van der Waals surface area contributed by atoms with Crippen LogP contribution in [0.15, 0.2) is 72.9 Å². The van der Waals surface area contributed by atoms with Crippen molar-refractivity contribution >= 4 is 17.9 Å². The van der Waals surface area contributed by atoms with Gasteiger partial charge in [0.1, 0.15) is 13.2 Å². The number of esters is 3. The van der Waals surface area contributed by atoms with Gasteiger partial charge >= 0.3 is 17.9 Å². The molecule has 0 spiro atoms. The van der Waals surface area contributed by atoms with Crippen LogP contribution in [0.1, 0.15) is 258 Å². The van der Waals surface area contributed by atoms with Crippen molar-refractivity contribution in [3.8, 4) is 0 Å². The monoisotopic (exact) mass is 893 g/mol. The average molecular weight is 893 g/mol. The zero-order chi connectivity index (χ0) is 46.5. The van der Waals surface area contributed by atoms with Crippen molar-refractivity contribution < 1.29 is 28.6 Å². The van der Waals surface area contributed by atoms with Crippen molar-refractivity contribution in [1.29, 1.82) is 0 Å². The van der Waals surface area contributed by atoms with Crippen LogP contribution in [0.3, 0.4) is 0 Å². The molecule has 6 heteroatoms. The van der Waals surface area contributed by atoms with Crippen LogP contribution in [-0.4, -0.2) is 37.2 Å². The molecular formula is C58H100O6. The number of unbranched alkanes of at least 4 members (excludes halogenated alkanes) is 29. The third kappa shape index (κ3) is 49.9. The van der Waals surface area contributed by atoms with Gasteiger partial charge in [-0.3, -0.25) is 14.4 Å². The van der Waals surface area contributed by atoms with Crippen molar-refractivity contribution in [3.63, 3.8) is 0 Å². The molecule has 0 aliphatic carbocycles. The summed E-state index contributed by atoms with van der Waals surface area (Å²) < 4.78 is 16.8. The number of hydrogen-bond donors (Lipinski definition) is 0. The Kier molecular flexibility index (Phi) is 49.9. The van der Waals surface area contributed by atoms with E-state index in [4.69, 9.17) is 14.2 Å². The summed E-state index contributed by atoms with van der Waals surface area (Å²) in [6, 6.07) is 0. The van der Waals surface area contributed by atoms with Crippen LogP contribution in [0.4, 0.5) is 0 Å². The molecular weight excluding hydrogens is 793 g/mol. The zero-order valence-corrected chi connectivity index (χ0v) is 42.0. The van der Waals surface area contributed by atoms with Crippen molar-refractivity contribution in [2.24, 2.45) is 0 Å². The lowest BCUT2D eigenvalue weighted by Crippen LogP contribution is -2.30. The molecule has 0 aliphatic heterocycles. The molecule has 0 fully saturated rings. The molecule has 0 radical (unpaired) electrons. The van der Waals surface area contributed by atoms with Gasteiger partial charge in [0.05, 0.1) is 0 Å². The third-order valence-electron chi connectivity index (χ3n) is 11.6. The molecule has 0 N–H and O–H groups in total. The van der Waals surface area contributed by atoms with Crippen molar-refractivity contribution in [2.75, 3.05) is 13.2 Å². The van der Waals surface area contributed by atoms with E-state index in [2.05, 4.69) is 45.1 Å². The fourth-order valence-electron chi connectivity index (χ4n) is 7.52. The fraction of sp³-hybridized carbons (Fsp3) is 0.741. The highest BCUT2D eigenvalue weighted by atomic mass is 16.6. The predicted molar refractivity (Wildman–Crippen MR) is 274 cm³/mol. The average Bonchev–Trinajstić information content (AvgIpc) is 3.29. The summed E-state index contributed by atoms with van der Waals surface area (Å²) in [5.41, 5.74) is 0. The van der Waals surface area contributed by atoms with Gasteiger partial charge in [0, 0.05) is 19.3 Å². The Balaban J connectivity index is 4.45. The lowest BCUT2D eigenvalue weighted by atomic mass is 10.0. The molecule has 1 unspecified atom stereocenters. The van der Waals surface area contributed by atoms with Gasteiger partial charge in [0.2, 0.25) is 0 Å². The maximum atomic E-state index is 12.8. The van der Waals surface area contributed by atoms with Gasteiger partial charge in [0.25, 0.3) is 0 Å². The highest BCUT2D eigenvalue weighted by Crippen LogP contribution is 2.15. The summed E-state index contributed by atoms with van der Waals surface area (Å²) in [6.45, 7) is 6.47. The van der Waals surface area contributed by atoms with Crippen LogP contribution in [0.2, 0.25) is 0 Å². The zero-order valence-electron chi connectivity index (χ0n) is 42.0. The Hall–Kier alpha value is -3.15. The molecule has 368 valence electrons. The quantitative estimate of drug-likeness (QED) is 0.0199. The van der Waals surface area contributed by atoms with E-state index in [1.165, 1.54) is 141 Å². The van der Waals surface area contributed by atoms with E-state index in [1.807, 2.05) is 48.6 Å². The molecule has 6 nitrogen and oxygen atoms in total. The summed E-state index contributed by atoms with van der Waals surface area (Å²) in [5, 5.41) is 0. The highest BCUT2D eigenvalue weighted by molar-refractivity contribution is 5.71. The van der Waals surface area contributed by atoms with Crippen molar-refractivity contribution in [3.05, 3.63) is 72.9 Å². The summed E-state index contributed by atoms with van der Waals surface area (Å²) in [4.78, 5) is 38.0. The molecule has 0 saturated heterocycles. The predicted octanol–water partition coefficient (Wildman–Crippen LogP) is 17.8. The van der Waals surface area contributed by atoms with Crippen LogP contribution in [-0.2, 0) is 28.6 Å². The first-order valence-electron chi connectivity index (χ1n) is 27.0. The summed E-state index contributed by atoms with van der Waals surface area (Å²) in [7, 11) is 0. The van der Waals surface area contributed by atoms with Gasteiger partial charge in [-0.15, -0.1) is 0 Å². The van der Waals surface area contributed by atoms with Gasteiger partial charge in [-0.25, -0.2) is 0 Å². The van der Waals surface area contributed by atoms with E-state index in [0.717, 1.165) is 70.6 Å². The molecule has 1 atom stereocenters. The van der Waals surface area contributed by atoms with Gasteiger partial charge in [-0.05, 0) is 64.2 Å². The highest BCUT2D eigenvalue weighted by Gasteiger charge is 2.19. The number of carbonyl (C=O) groups excluding carboxylic acids is 3. The molecule has 0 bridgehead atoms. The maximum Gasteiger partial charge on any atom is 0.306 e. The van der Waals surface area contributed by atoms with Crippen LogP contribution < -0.4 is 0 Å². The standard InChI is InChI=1S/C58H100O6/c1-4-7-10-13-16-19-22-25-28-31-33-36-39-42-45-48-51-57(60)63-54-55(64-58(61)52-49-46-43-40-37-34-30-27-24-21-18-15-12-9-6-3)53-62-56(59)50-47-44-41-38-35-32-29-26-23-20-17-14-11-8-5-2/h9,12,15,18,21,24,27-28,30-31,34,37,55H,4-8,10-11,13-14,16-17,19-20,22-23,25-26,29,32-33,35-36,38-54H2,1-3H3/b12-9-,18-15-,24-21-,30-27-,31-28-,37-34-. The van der Waals surface area contributed by atoms with E-state index in [0.29, 0.717) is 19.3 Å². The second-order valence-corrected chi connectivity index (χ2v) is 17.9. The Morgan fingerprint density at radius 2 is 0.625 bits per heavy atom. The molecule has 0 rings (SSSR count). The molecule has 0 heterocycles. The summed E-state index contributed by atoms with van der Waals surface area (Å²) in [6.07, 6.45) is 66.0. The van der Waals surface area contributed by atoms with E-state index in [-0.39, 0.29) is 37.5 Å². The SMILES string of the molecule is CC\C=C/C=C\C=C/C=C\C=C/CCCCCC(=O)OC(COC(=O)CCCCCCC/C=C\CCCCCCCCC)COC(=O)CCCCCCCCCCCCCCCCC. The molecule has 0 aromatic heterocycles. The van der Waals surface area contributed by atoms with E-state index in [1.54, 1.807) is 0 Å². The largest absolute Gasteiger partial charge is 0.462 e. The number of carbonyl (C=O) groups is 3. The van der Waals surface area contributed by atoms with Crippen LogP contribution in [0.5, 0.6) is 0 Å². The molecule has 0 saturated carbocycles. The van der Waals surface area contributed by atoms with Crippen molar-refractivity contribution in [1.82, 2.24) is 0 Å². The fourth-order valence-corrected chi connectivity index (χ4v) is 7.52. The lowest BCUT2D eigenvalue weighted by Gasteiger charge is -2.18. The maximum absolute atomic E-state index is 12.8. The van der Waals surface area contributed by atoms with Crippen LogP contribution >= 0.6 is 0 Å². The lowest BCUT2D eigenvalue weighted by molar-refractivity contribution is -0.167. The first-order chi connectivity index (χ1) is 31.5. The minimum atomic E-state index is -0.799. The smallest absolute Gasteiger partial charge is 0.306 e. The third-order valence-corrected chi connectivity index (χ3v) is 11.6. The summed E-state index contributed by atoms with van der Waals surface area (Å²) in [5.74, 6) is -0.938. The Morgan fingerprint density at radius 1 is 0.328 bits per heavy atom. The van der Waals surface area contributed by atoms with Gasteiger partial charge < -0.3 is 14.2 Å². The topological polar surface area (TPSA) is 78.9 Å². The molecule has 0 aliphatic rings. The van der Waals surface area contributed by atoms with Gasteiger partial charge in [-0.2, -0.15) is 0 Å². The molecule has 0 aromatic rings. The first-order valence-corrected chi connectivity index (χ1v) is 27.0. The molecule has 0 aromatic carbocycles. The Morgan fingerprint density at radius 3 is 1.02 bits per heavy atom. The number of rotatable bonds is 48. The van der Waals surface area contributed by atoms with Gasteiger partial charge in [0.15, 0.2) is 6.10 Å². The normalized spacial score (nSPS) is 12.6. The van der Waals surface area contributed by atoms with E-state index >= 15 is 0 Å². The van der Waals surface area contributed by atoms with E-state index < -0.39 is 6.10 Å². The second kappa shape index (κ2) is 52.5. The van der Waals surface area contributed by atoms with Crippen molar-refractivity contribution in [2.45, 2.75) is 264 Å². The van der Waals surface area contributed by atoms with Gasteiger partial charge in [-0.1, -0.05) is 248 Å². The Labute approximate surface area is 395 Å². The summed E-state index contributed by atoms with van der Waals surface area (Å²) >= 11 is 0. The minimum Gasteiger partial charge on any atom is -0.462 e.